The van der Waals surface area contributed by atoms with Gasteiger partial charge in [0.25, 0.3) is 0 Å². The number of aliphatic imine (C=N–C) groups is 1. The van der Waals surface area contributed by atoms with Crippen LogP contribution in [0.4, 0.5) is 0 Å². The van der Waals surface area contributed by atoms with Crippen LogP contribution in [-0.2, 0) is 19.4 Å². The number of hydrogen-bond acceptors (Lipinski definition) is 3. The molecule has 0 aliphatic heterocycles. The summed E-state index contributed by atoms with van der Waals surface area (Å²) in [6.45, 7) is 7.06. The smallest absolute Gasteiger partial charge is 0.191 e. The highest BCUT2D eigenvalue weighted by molar-refractivity contribution is 14.0. The van der Waals surface area contributed by atoms with Crippen LogP contribution in [0.15, 0.2) is 23.2 Å². The third-order valence-electron chi connectivity index (χ3n) is 4.87. The number of rotatable bonds is 4. The van der Waals surface area contributed by atoms with Gasteiger partial charge in [-0.25, -0.2) is 4.98 Å². The van der Waals surface area contributed by atoms with E-state index in [4.69, 9.17) is 0 Å². The minimum absolute atomic E-state index is 0. The molecule has 142 valence electrons. The van der Waals surface area contributed by atoms with E-state index < -0.39 is 0 Å². The molecular weight excluding hydrogens is 455 g/mol. The first-order valence-electron chi connectivity index (χ1n) is 9.08. The second-order valence-electron chi connectivity index (χ2n) is 6.77. The monoisotopic (exact) mass is 484 g/mol. The van der Waals surface area contributed by atoms with Gasteiger partial charge in [-0.2, -0.15) is 0 Å². The zero-order valence-electron chi connectivity index (χ0n) is 16.1. The maximum absolute atomic E-state index is 4.48. The number of thiazole rings is 1. The van der Waals surface area contributed by atoms with Gasteiger partial charge in [0.15, 0.2) is 5.96 Å². The van der Waals surface area contributed by atoms with Crippen LogP contribution in [0.3, 0.4) is 0 Å². The molecule has 0 saturated carbocycles. The van der Waals surface area contributed by atoms with Gasteiger partial charge in [0.2, 0.25) is 0 Å². The number of hydrogen-bond donors (Lipinski definition) is 2. The lowest BCUT2D eigenvalue weighted by molar-refractivity contribution is 0.665. The summed E-state index contributed by atoms with van der Waals surface area (Å²) in [6.07, 6.45) is 5.09. The van der Waals surface area contributed by atoms with Gasteiger partial charge in [-0.1, -0.05) is 18.2 Å². The van der Waals surface area contributed by atoms with Crippen LogP contribution >= 0.6 is 35.3 Å². The van der Waals surface area contributed by atoms with Crippen LogP contribution in [0.25, 0.3) is 0 Å². The molecule has 1 aromatic carbocycles. The van der Waals surface area contributed by atoms with Crippen LogP contribution in [0.1, 0.15) is 58.1 Å². The number of halogens is 1. The molecule has 0 radical (unpaired) electrons. The number of aryl methyl sites for hydroxylation is 4. The molecule has 6 heteroatoms. The second-order valence-corrected chi connectivity index (χ2v) is 8.06. The molecule has 4 nitrogen and oxygen atoms in total. The van der Waals surface area contributed by atoms with E-state index >= 15 is 0 Å². The largest absolute Gasteiger partial charge is 0.351 e. The molecule has 26 heavy (non-hydrogen) atoms. The van der Waals surface area contributed by atoms with E-state index in [-0.39, 0.29) is 30.0 Å². The summed E-state index contributed by atoms with van der Waals surface area (Å²) in [7, 11) is 1.82. The maximum Gasteiger partial charge on any atom is 0.191 e. The summed E-state index contributed by atoms with van der Waals surface area (Å²) in [5.74, 6) is 0.829. The molecule has 0 saturated heterocycles. The standard InChI is InChI=1S/C20H28N4S.HI/c1-13(17-10-9-16-7-5-6-8-18(16)11-17)24-20(21-4)22-12-19-14(2)23-15(3)25-19;/h9-11,13H,5-8,12H2,1-4H3,(H2,21,22,24);1H. The van der Waals surface area contributed by atoms with Crippen LogP contribution in [-0.4, -0.2) is 18.0 Å². The van der Waals surface area contributed by atoms with Gasteiger partial charge in [0.1, 0.15) is 0 Å². The third kappa shape index (κ3) is 5.19. The van der Waals surface area contributed by atoms with E-state index in [1.807, 2.05) is 14.0 Å². The predicted molar refractivity (Wildman–Crippen MR) is 122 cm³/mol. The summed E-state index contributed by atoms with van der Waals surface area (Å²) in [5, 5.41) is 8.03. The van der Waals surface area contributed by atoms with Crippen molar-refractivity contribution in [2.75, 3.05) is 7.05 Å². The third-order valence-corrected chi connectivity index (χ3v) is 5.94. The molecule has 1 heterocycles. The van der Waals surface area contributed by atoms with Crippen molar-refractivity contribution < 1.29 is 0 Å². The molecule has 1 aliphatic carbocycles. The zero-order chi connectivity index (χ0) is 17.8. The Hall–Kier alpha value is -1.15. The minimum atomic E-state index is 0. The maximum atomic E-state index is 4.48. The molecule has 1 unspecified atom stereocenters. The van der Waals surface area contributed by atoms with Crippen LogP contribution in [0, 0.1) is 13.8 Å². The molecule has 2 aromatic rings. The molecular formula is C20H29IN4S. The lowest BCUT2D eigenvalue weighted by Gasteiger charge is -2.21. The first kappa shape index (κ1) is 21.2. The molecule has 2 N–H and O–H groups in total. The second kappa shape index (κ2) is 9.69. The Kier molecular flexibility index (Phi) is 7.88. The van der Waals surface area contributed by atoms with Crippen LogP contribution in [0.2, 0.25) is 0 Å². The first-order chi connectivity index (χ1) is 12.1. The van der Waals surface area contributed by atoms with E-state index in [2.05, 4.69) is 52.7 Å². The van der Waals surface area contributed by atoms with Gasteiger partial charge in [0, 0.05) is 11.9 Å². The van der Waals surface area contributed by atoms with E-state index in [0.717, 1.165) is 23.2 Å². The number of aromatic nitrogens is 1. The van der Waals surface area contributed by atoms with Crippen molar-refractivity contribution in [1.82, 2.24) is 15.6 Å². The van der Waals surface area contributed by atoms with Crippen molar-refractivity contribution >= 4 is 41.3 Å². The van der Waals surface area contributed by atoms with E-state index in [1.54, 1.807) is 11.3 Å². The van der Waals surface area contributed by atoms with Crippen molar-refractivity contribution in [2.24, 2.45) is 4.99 Å². The first-order valence-corrected chi connectivity index (χ1v) is 9.90. The van der Waals surface area contributed by atoms with Gasteiger partial charge < -0.3 is 10.6 Å². The average Bonchev–Trinajstić information content (AvgIpc) is 2.95. The van der Waals surface area contributed by atoms with Gasteiger partial charge in [0.05, 0.1) is 23.3 Å². The zero-order valence-corrected chi connectivity index (χ0v) is 19.2. The molecule has 1 aromatic heterocycles. The van der Waals surface area contributed by atoms with E-state index in [9.17, 15) is 0 Å². The topological polar surface area (TPSA) is 49.3 Å². The lowest BCUT2D eigenvalue weighted by atomic mass is 9.89. The van der Waals surface area contributed by atoms with E-state index in [0.29, 0.717) is 0 Å². The molecule has 0 amide bonds. The van der Waals surface area contributed by atoms with Gasteiger partial charge in [-0.15, -0.1) is 35.3 Å². The Bertz CT molecular complexity index is 769. The summed E-state index contributed by atoms with van der Waals surface area (Å²) in [6, 6.07) is 7.16. The van der Waals surface area contributed by atoms with E-state index in [1.165, 1.54) is 47.3 Å². The van der Waals surface area contributed by atoms with Crippen LogP contribution < -0.4 is 10.6 Å². The fourth-order valence-electron chi connectivity index (χ4n) is 3.41. The highest BCUT2D eigenvalue weighted by Gasteiger charge is 2.14. The number of nitrogens with one attached hydrogen (secondary N) is 2. The fourth-order valence-corrected chi connectivity index (χ4v) is 4.28. The van der Waals surface area contributed by atoms with Gasteiger partial charge in [-0.3, -0.25) is 4.99 Å². The Morgan fingerprint density at radius 1 is 1.23 bits per heavy atom. The van der Waals surface area contributed by atoms with Crippen molar-refractivity contribution in [1.29, 1.82) is 0 Å². The highest BCUT2D eigenvalue weighted by Crippen LogP contribution is 2.24. The highest BCUT2D eigenvalue weighted by atomic mass is 127. The minimum Gasteiger partial charge on any atom is -0.351 e. The quantitative estimate of drug-likeness (QED) is 0.377. The molecule has 1 aliphatic rings. The summed E-state index contributed by atoms with van der Waals surface area (Å²) in [4.78, 5) is 10.1. The molecule has 0 fully saturated rings. The van der Waals surface area contributed by atoms with Gasteiger partial charge >= 0.3 is 0 Å². The fraction of sp³-hybridized carbons (Fsp3) is 0.500. The number of guanidine groups is 1. The van der Waals surface area contributed by atoms with Crippen molar-refractivity contribution in [3.05, 3.63) is 50.5 Å². The Labute approximate surface area is 177 Å². The summed E-state index contributed by atoms with van der Waals surface area (Å²) < 4.78 is 0. The lowest BCUT2D eigenvalue weighted by Crippen LogP contribution is -2.38. The summed E-state index contributed by atoms with van der Waals surface area (Å²) in [5.41, 5.74) is 5.48. The molecule has 1 atom stereocenters. The molecule has 3 rings (SSSR count). The summed E-state index contributed by atoms with van der Waals surface area (Å²) >= 11 is 1.74. The molecule has 0 bridgehead atoms. The molecule has 0 spiro atoms. The number of benzene rings is 1. The predicted octanol–water partition coefficient (Wildman–Crippen LogP) is 4.68. The average molecular weight is 484 g/mol. The van der Waals surface area contributed by atoms with Crippen molar-refractivity contribution in [3.8, 4) is 0 Å². The van der Waals surface area contributed by atoms with Crippen molar-refractivity contribution in [2.45, 2.75) is 59.0 Å². The van der Waals surface area contributed by atoms with Crippen molar-refractivity contribution in [3.63, 3.8) is 0 Å². The SMILES string of the molecule is CN=C(NCc1sc(C)nc1C)NC(C)c1ccc2c(c1)CCCC2.I. The van der Waals surface area contributed by atoms with Gasteiger partial charge in [-0.05, 0) is 63.1 Å². The Morgan fingerprint density at radius 3 is 2.62 bits per heavy atom. The normalized spacial score (nSPS) is 15.0. The van der Waals surface area contributed by atoms with Crippen LogP contribution in [0.5, 0.6) is 0 Å². The number of fused-ring (bicyclic) bond motifs is 1. The number of nitrogens with zero attached hydrogens (tertiary/aromatic N) is 2. The Balaban J connectivity index is 0.00000243. The Morgan fingerprint density at radius 2 is 1.96 bits per heavy atom.